The van der Waals surface area contributed by atoms with Gasteiger partial charge in [0.25, 0.3) is 5.91 Å². The fourth-order valence-corrected chi connectivity index (χ4v) is 2.69. The third-order valence-electron chi connectivity index (χ3n) is 2.26. The fraction of sp³-hybridized carbons (Fsp3) is 0.545. The average Bonchev–Trinajstić information content (AvgIpc) is 2.63. The summed E-state index contributed by atoms with van der Waals surface area (Å²) < 4.78 is 1.16. The normalized spacial score (nSPS) is 10.8. The maximum absolute atomic E-state index is 11.9. The van der Waals surface area contributed by atoms with E-state index in [4.69, 9.17) is 0 Å². The van der Waals surface area contributed by atoms with Crippen molar-refractivity contribution in [3.8, 4) is 0 Å². The lowest BCUT2D eigenvalue weighted by Gasteiger charge is -2.17. The topological polar surface area (TPSA) is 23.6 Å². The van der Waals surface area contributed by atoms with E-state index in [0.29, 0.717) is 0 Å². The van der Waals surface area contributed by atoms with Gasteiger partial charge in [-0.1, -0.05) is 0 Å². The van der Waals surface area contributed by atoms with Crippen molar-refractivity contribution < 1.29 is 4.79 Å². The summed E-state index contributed by atoms with van der Waals surface area (Å²) in [7, 11) is 5.95. The molecule has 16 heavy (non-hydrogen) atoms. The Morgan fingerprint density at radius 2 is 2.06 bits per heavy atom. The second kappa shape index (κ2) is 6.56. The van der Waals surface area contributed by atoms with Gasteiger partial charge in [-0.05, 0) is 55.7 Å². The molecule has 1 amide bonds. The predicted octanol–water partition coefficient (Wildman–Crippen LogP) is 2.38. The van der Waals surface area contributed by atoms with Crippen molar-refractivity contribution in [2.24, 2.45) is 0 Å². The number of amides is 1. The molecule has 90 valence electrons. The molecule has 1 heterocycles. The Morgan fingerprint density at radius 3 is 2.56 bits per heavy atom. The molecule has 1 aromatic heterocycles. The van der Waals surface area contributed by atoms with Crippen molar-refractivity contribution in [3.05, 3.63) is 19.9 Å². The van der Waals surface area contributed by atoms with E-state index in [2.05, 4.69) is 27.5 Å². The summed E-state index contributed by atoms with van der Waals surface area (Å²) in [5.41, 5.74) is 0.807. The number of thiophene rings is 1. The van der Waals surface area contributed by atoms with Crippen LogP contribution in [0.5, 0.6) is 0 Å². The first-order chi connectivity index (χ1) is 7.50. The SMILES string of the molecule is CN(C)CCCN(C)C(=O)c1csc(I)c1. The van der Waals surface area contributed by atoms with E-state index in [1.54, 1.807) is 16.2 Å². The Kier molecular flexibility index (Phi) is 5.71. The molecule has 0 aromatic carbocycles. The molecule has 0 bridgehead atoms. The van der Waals surface area contributed by atoms with Crippen LogP contribution in [0.2, 0.25) is 0 Å². The van der Waals surface area contributed by atoms with Crippen LogP contribution in [0, 0.1) is 2.88 Å². The average molecular weight is 352 g/mol. The van der Waals surface area contributed by atoms with Gasteiger partial charge < -0.3 is 9.80 Å². The van der Waals surface area contributed by atoms with Gasteiger partial charge in [-0.2, -0.15) is 0 Å². The minimum absolute atomic E-state index is 0.123. The van der Waals surface area contributed by atoms with E-state index in [0.717, 1.165) is 28.0 Å². The second-order valence-electron chi connectivity index (χ2n) is 4.02. The van der Waals surface area contributed by atoms with Crippen LogP contribution < -0.4 is 0 Å². The van der Waals surface area contributed by atoms with Gasteiger partial charge in [0.2, 0.25) is 0 Å². The zero-order valence-corrected chi connectivity index (χ0v) is 12.8. The molecule has 0 radical (unpaired) electrons. The summed E-state index contributed by atoms with van der Waals surface area (Å²) in [6.45, 7) is 1.82. The Morgan fingerprint density at radius 1 is 1.38 bits per heavy atom. The summed E-state index contributed by atoms with van der Waals surface area (Å²) in [5, 5.41) is 1.92. The van der Waals surface area contributed by atoms with Crippen LogP contribution in [-0.2, 0) is 0 Å². The van der Waals surface area contributed by atoms with Gasteiger partial charge in [-0.15, -0.1) is 11.3 Å². The number of carbonyl (C=O) groups excluding carboxylic acids is 1. The zero-order valence-electron chi connectivity index (χ0n) is 9.86. The molecule has 0 N–H and O–H groups in total. The minimum Gasteiger partial charge on any atom is -0.342 e. The maximum atomic E-state index is 11.9. The Balaban J connectivity index is 2.42. The quantitative estimate of drug-likeness (QED) is 0.760. The highest BCUT2D eigenvalue weighted by molar-refractivity contribution is 14.1. The van der Waals surface area contributed by atoms with Crippen molar-refractivity contribution in [3.63, 3.8) is 0 Å². The van der Waals surface area contributed by atoms with Crippen LogP contribution in [-0.4, -0.2) is 49.9 Å². The first-order valence-corrected chi connectivity index (χ1v) is 7.11. The molecule has 0 aliphatic rings. The van der Waals surface area contributed by atoms with Crippen molar-refractivity contribution in [1.29, 1.82) is 0 Å². The smallest absolute Gasteiger partial charge is 0.254 e. The standard InChI is InChI=1S/C11H17IN2OS/c1-13(2)5-4-6-14(3)11(15)9-7-10(12)16-8-9/h7-8H,4-6H2,1-3H3. The molecule has 0 spiro atoms. The Labute approximate surface area is 115 Å². The lowest BCUT2D eigenvalue weighted by molar-refractivity contribution is 0.0791. The van der Waals surface area contributed by atoms with Crippen LogP contribution >= 0.6 is 33.9 Å². The molecule has 0 fully saturated rings. The highest BCUT2D eigenvalue weighted by atomic mass is 127. The van der Waals surface area contributed by atoms with E-state index < -0.39 is 0 Å². The highest BCUT2D eigenvalue weighted by Crippen LogP contribution is 2.17. The lowest BCUT2D eigenvalue weighted by Crippen LogP contribution is -2.29. The van der Waals surface area contributed by atoms with Crippen molar-refractivity contribution >= 4 is 39.8 Å². The van der Waals surface area contributed by atoms with Gasteiger partial charge in [0.15, 0.2) is 0 Å². The first kappa shape index (κ1) is 13.9. The third-order valence-corrected chi connectivity index (χ3v) is 4.05. The fourth-order valence-electron chi connectivity index (χ4n) is 1.37. The summed E-state index contributed by atoms with van der Waals surface area (Å²) in [6, 6.07) is 1.94. The van der Waals surface area contributed by atoms with Gasteiger partial charge in [0.1, 0.15) is 0 Å². The molecule has 1 aromatic rings. The van der Waals surface area contributed by atoms with Crippen LogP contribution in [0.3, 0.4) is 0 Å². The van der Waals surface area contributed by atoms with Crippen LogP contribution in [0.4, 0.5) is 0 Å². The largest absolute Gasteiger partial charge is 0.342 e. The van der Waals surface area contributed by atoms with E-state index >= 15 is 0 Å². The summed E-state index contributed by atoms with van der Waals surface area (Å²) in [6.07, 6.45) is 1.01. The zero-order chi connectivity index (χ0) is 12.1. The molecule has 1 rings (SSSR count). The highest BCUT2D eigenvalue weighted by Gasteiger charge is 2.12. The van der Waals surface area contributed by atoms with E-state index in [-0.39, 0.29) is 5.91 Å². The number of nitrogens with zero attached hydrogens (tertiary/aromatic N) is 2. The molecular weight excluding hydrogens is 335 g/mol. The van der Waals surface area contributed by atoms with Gasteiger partial charge in [-0.3, -0.25) is 4.79 Å². The van der Waals surface area contributed by atoms with Crippen molar-refractivity contribution in [2.75, 3.05) is 34.2 Å². The minimum atomic E-state index is 0.123. The molecule has 0 aliphatic carbocycles. The molecule has 0 unspecified atom stereocenters. The lowest BCUT2D eigenvalue weighted by atomic mass is 10.3. The molecule has 3 nitrogen and oxygen atoms in total. The van der Waals surface area contributed by atoms with Crippen LogP contribution in [0.15, 0.2) is 11.4 Å². The molecule has 0 saturated heterocycles. The maximum Gasteiger partial charge on any atom is 0.254 e. The third kappa shape index (κ3) is 4.39. The number of hydrogen-bond acceptors (Lipinski definition) is 3. The summed E-state index contributed by atoms with van der Waals surface area (Å²) in [4.78, 5) is 15.9. The second-order valence-corrected chi connectivity index (χ2v) is 6.83. The van der Waals surface area contributed by atoms with Gasteiger partial charge in [-0.25, -0.2) is 0 Å². The molecule has 0 aliphatic heterocycles. The molecule has 0 atom stereocenters. The predicted molar refractivity (Wildman–Crippen MR) is 77.2 cm³/mol. The van der Waals surface area contributed by atoms with Gasteiger partial charge in [0, 0.05) is 19.0 Å². The number of halogens is 1. The number of rotatable bonds is 5. The first-order valence-electron chi connectivity index (χ1n) is 5.15. The summed E-state index contributed by atoms with van der Waals surface area (Å²) >= 11 is 3.85. The van der Waals surface area contributed by atoms with Gasteiger partial charge >= 0.3 is 0 Å². The van der Waals surface area contributed by atoms with Crippen LogP contribution in [0.25, 0.3) is 0 Å². The van der Waals surface area contributed by atoms with E-state index in [9.17, 15) is 4.79 Å². The molecular formula is C11H17IN2OS. The van der Waals surface area contributed by atoms with Crippen molar-refractivity contribution in [1.82, 2.24) is 9.80 Å². The van der Waals surface area contributed by atoms with Crippen molar-refractivity contribution in [2.45, 2.75) is 6.42 Å². The molecule has 0 saturated carbocycles. The van der Waals surface area contributed by atoms with E-state index in [1.807, 2.05) is 32.6 Å². The number of hydrogen-bond donors (Lipinski definition) is 0. The van der Waals surface area contributed by atoms with Gasteiger partial charge in [0.05, 0.1) is 8.45 Å². The monoisotopic (exact) mass is 352 g/mol. The Hall–Kier alpha value is -0.140. The molecule has 5 heteroatoms. The summed E-state index contributed by atoms with van der Waals surface area (Å²) in [5.74, 6) is 0.123. The van der Waals surface area contributed by atoms with Crippen LogP contribution in [0.1, 0.15) is 16.8 Å². The van der Waals surface area contributed by atoms with E-state index in [1.165, 1.54) is 0 Å². The Bertz CT molecular complexity index is 352. The number of carbonyl (C=O) groups is 1.